The zero-order chi connectivity index (χ0) is 20.2. The number of amides is 1. The van der Waals surface area contributed by atoms with Gasteiger partial charge in [-0.15, -0.1) is 6.58 Å². The fourth-order valence-corrected chi connectivity index (χ4v) is 4.19. The Hall–Kier alpha value is -2.44. The lowest BCUT2D eigenvalue weighted by molar-refractivity contribution is 0.0297. The number of benzene rings is 1. The molecule has 1 saturated heterocycles. The molecular formula is C23H30N4O2. The fourth-order valence-electron chi connectivity index (χ4n) is 4.19. The number of nitrogens with zero attached hydrogens (tertiary/aromatic N) is 3. The number of nitrogens with one attached hydrogen (secondary N) is 1. The maximum Gasteiger partial charge on any atom is 0.274 e. The molecule has 1 N–H and O–H groups in total. The lowest BCUT2D eigenvalue weighted by Gasteiger charge is -2.28. The van der Waals surface area contributed by atoms with Crippen molar-refractivity contribution in [2.24, 2.45) is 0 Å². The third kappa shape index (κ3) is 4.43. The van der Waals surface area contributed by atoms with Crippen molar-refractivity contribution in [1.82, 2.24) is 20.0 Å². The van der Waals surface area contributed by atoms with Crippen LogP contribution in [0.3, 0.4) is 0 Å². The Morgan fingerprint density at radius 3 is 2.79 bits per heavy atom. The minimum atomic E-state index is 0.0338. The van der Waals surface area contributed by atoms with E-state index in [-0.39, 0.29) is 5.91 Å². The van der Waals surface area contributed by atoms with Crippen molar-refractivity contribution in [1.29, 1.82) is 0 Å². The molecule has 1 aliphatic heterocycles. The van der Waals surface area contributed by atoms with Crippen molar-refractivity contribution in [3.8, 4) is 0 Å². The number of aryl methyl sites for hydroxylation is 1. The van der Waals surface area contributed by atoms with Crippen molar-refractivity contribution in [2.75, 3.05) is 26.3 Å². The van der Waals surface area contributed by atoms with Crippen molar-refractivity contribution >= 4 is 5.91 Å². The van der Waals surface area contributed by atoms with Crippen LogP contribution < -0.4 is 5.32 Å². The highest BCUT2D eigenvalue weighted by atomic mass is 16.5. The standard InChI is InChI=1S/C23H30N4O2/c1-3-10-27-21-9-8-19(24-16-18-6-4-17(2)5-7-18)15-20(21)22(25-27)23(28)26-11-13-29-14-12-26/h3-7,19,24H,1,8-16H2,2H3/t19-/m0/s1. The zero-order valence-corrected chi connectivity index (χ0v) is 17.2. The van der Waals surface area contributed by atoms with E-state index in [9.17, 15) is 4.79 Å². The van der Waals surface area contributed by atoms with Crippen LogP contribution in [0, 0.1) is 6.92 Å². The van der Waals surface area contributed by atoms with Crippen LogP contribution in [0.5, 0.6) is 0 Å². The van der Waals surface area contributed by atoms with Crippen LogP contribution in [-0.2, 0) is 30.7 Å². The van der Waals surface area contributed by atoms with Gasteiger partial charge in [-0.2, -0.15) is 5.10 Å². The summed E-state index contributed by atoms with van der Waals surface area (Å²) in [7, 11) is 0. The van der Waals surface area contributed by atoms with Gasteiger partial charge in [-0.1, -0.05) is 35.9 Å². The molecular weight excluding hydrogens is 364 g/mol. The van der Waals surface area contributed by atoms with Gasteiger partial charge in [0.15, 0.2) is 5.69 Å². The van der Waals surface area contributed by atoms with Gasteiger partial charge >= 0.3 is 0 Å². The van der Waals surface area contributed by atoms with E-state index >= 15 is 0 Å². The van der Waals surface area contributed by atoms with E-state index in [1.165, 1.54) is 16.8 Å². The molecule has 0 spiro atoms. The quantitative estimate of drug-likeness (QED) is 0.765. The van der Waals surface area contributed by atoms with E-state index in [0.717, 1.165) is 31.4 Å². The van der Waals surface area contributed by atoms with Gasteiger partial charge in [-0.05, 0) is 31.7 Å². The Balaban J connectivity index is 1.51. The van der Waals surface area contributed by atoms with Gasteiger partial charge in [0.2, 0.25) is 0 Å². The first kappa shape index (κ1) is 19.9. The molecule has 1 aromatic carbocycles. The highest BCUT2D eigenvalue weighted by Crippen LogP contribution is 2.26. The second-order valence-electron chi connectivity index (χ2n) is 7.96. The Kier molecular flexibility index (Phi) is 6.11. The summed E-state index contributed by atoms with van der Waals surface area (Å²) in [6.45, 7) is 9.90. The molecule has 154 valence electrons. The van der Waals surface area contributed by atoms with Crippen LogP contribution in [0.2, 0.25) is 0 Å². The molecule has 0 radical (unpaired) electrons. The van der Waals surface area contributed by atoms with E-state index in [2.05, 4.69) is 43.1 Å². The molecule has 2 aromatic rings. The Morgan fingerprint density at radius 2 is 2.07 bits per heavy atom. The number of ether oxygens (including phenoxy) is 1. The molecule has 2 heterocycles. The first-order valence-corrected chi connectivity index (χ1v) is 10.5. The monoisotopic (exact) mass is 394 g/mol. The largest absolute Gasteiger partial charge is 0.378 e. The molecule has 1 amide bonds. The van der Waals surface area contributed by atoms with Gasteiger partial charge in [0, 0.05) is 36.9 Å². The summed E-state index contributed by atoms with van der Waals surface area (Å²) in [6.07, 6.45) is 4.66. The molecule has 6 heteroatoms. The maximum atomic E-state index is 13.2. The van der Waals surface area contributed by atoms with Crippen LogP contribution in [0.1, 0.15) is 39.3 Å². The summed E-state index contributed by atoms with van der Waals surface area (Å²) >= 11 is 0. The van der Waals surface area contributed by atoms with Gasteiger partial charge in [0.25, 0.3) is 5.91 Å². The van der Waals surface area contributed by atoms with E-state index in [4.69, 9.17) is 9.84 Å². The number of allylic oxidation sites excluding steroid dienone is 1. The second-order valence-corrected chi connectivity index (χ2v) is 7.96. The van der Waals surface area contributed by atoms with Gasteiger partial charge < -0.3 is 15.0 Å². The van der Waals surface area contributed by atoms with Crippen LogP contribution in [-0.4, -0.2) is 52.9 Å². The highest BCUT2D eigenvalue weighted by molar-refractivity contribution is 5.94. The second kappa shape index (κ2) is 8.93. The summed E-state index contributed by atoms with van der Waals surface area (Å²) in [4.78, 5) is 15.0. The molecule has 4 rings (SSSR count). The molecule has 2 aliphatic rings. The van der Waals surface area contributed by atoms with E-state index in [0.29, 0.717) is 44.6 Å². The molecule has 29 heavy (non-hydrogen) atoms. The van der Waals surface area contributed by atoms with E-state index in [1.54, 1.807) is 0 Å². The molecule has 0 saturated carbocycles. The van der Waals surface area contributed by atoms with Crippen molar-refractivity contribution < 1.29 is 9.53 Å². The summed E-state index contributed by atoms with van der Waals surface area (Å²) in [5.41, 5.74) is 5.47. The molecule has 0 bridgehead atoms. The predicted octanol–water partition coefficient (Wildman–Crippen LogP) is 2.50. The molecule has 6 nitrogen and oxygen atoms in total. The highest BCUT2D eigenvalue weighted by Gasteiger charge is 2.31. The average molecular weight is 395 g/mol. The van der Waals surface area contributed by atoms with Gasteiger partial charge in [-0.3, -0.25) is 9.48 Å². The molecule has 0 unspecified atom stereocenters. The van der Waals surface area contributed by atoms with Gasteiger partial charge in [0.1, 0.15) is 0 Å². The molecule has 1 aliphatic carbocycles. The van der Waals surface area contributed by atoms with Crippen LogP contribution in [0.4, 0.5) is 0 Å². The third-order valence-corrected chi connectivity index (χ3v) is 5.86. The SMILES string of the molecule is C=CCn1nc(C(=O)N2CCOCC2)c2c1CC[C@H](NCc1ccc(C)cc1)C2. The molecule has 1 fully saturated rings. The fraction of sp³-hybridized carbons (Fsp3) is 0.478. The van der Waals surface area contributed by atoms with Crippen molar-refractivity contribution in [3.05, 3.63) is 65.0 Å². The number of fused-ring (bicyclic) bond motifs is 1. The minimum absolute atomic E-state index is 0.0338. The molecule has 1 aromatic heterocycles. The topological polar surface area (TPSA) is 59.4 Å². The van der Waals surface area contributed by atoms with Crippen LogP contribution in [0.15, 0.2) is 36.9 Å². The van der Waals surface area contributed by atoms with Gasteiger partial charge in [0.05, 0.1) is 19.8 Å². The summed E-state index contributed by atoms with van der Waals surface area (Å²) in [5.74, 6) is 0.0338. The third-order valence-electron chi connectivity index (χ3n) is 5.86. The Labute approximate surface area is 172 Å². The number of carbonyl (C=O) groups excluding carboxylic acids is 1. The lowest BCUT2D eigenvalue weighted by atomic mass is 9.90. The number of rotatable bonds is 6. The average Bonchev–Trinajstić information content (AvgIpc) is 3.11. The van der Waals surface area contributed by atoms with Crippen molar-refractivity contribution in [2.45, 2.75) is 45.3 Å². The zero-order valence-electron chi connectivity index (χ0n) is 17.2. The van der Waals surface area contributed by atoms with E-state index < -0.39 is 0 Å². The normalized spacial score (nSPS) is 19.1. The van der Waals surface area contributed by atoms with E-state index in [1.807, 2.05) is 15.7 Å². The number of hydrogen-bond donors (Lipinski definition) is 1. The Morgan fingerprint density at radius 1 is 1.31 bits per heavy atom. The number of carbonyl (C=O) groups is 1. The summed E-state index contributed by atoms with van der Waals surface area (Å²) in [5, 5.41) is 8.39. The number of morpholine rings is 1. The maximum absolute atomic E-state index is 13.2. The summed E-state index contributed by atoms with van der Waals surface area (Å²) in [6, 6.07) is 8.99. The number of aromatic nitrogens is 2. The molecule has 1 atom stereocenters. The first-order valence-electron chi connectivity index (χ1n) is 10.5. The smallest absolute Gasteiger partial charge is 0.274 e. The minimum Gasteiger partial charge on any atom is -0.378 e. The number of hydrogen-bond acceptors (Lipinski definition) is 4. The Bertz CT molecular complexity index is 866. The summed E-state index contributed by atoms with van der Waals surface area (Å²) < 4.78 is 7.36. The van der Waals surface area contributed by atoms with Crippen LogP contribution in [0.25, 0.3) is 0 Å². The van der Waals surface area contributed by atoms with Gasteiger partial charge in [-0.25, -0.2) is 0 Å². The van der Waals surface area contributed by atoms with Crippen LogP contribution >= 0.6 is 0 Å². The lowest BCUT2D eigenvalue weighted by Crippen LogP contribution is -2.41. The van der Waals surface area contributed by atoms with Crippen molar-refractivity contribution in [3.63, 3.8) is 0 Å². The first-order chi connectivity index (χ1) is 14.2. The predicted molar refractivity (Wildman–Crippen MR) is 113 cm³/mol.